The largest absolute Gasteiger partial charge is 0.470 e. The third-order valence-corrected chi connectivity index (χ3v) is 2.93. The van der Waals surface area contributed by atoms with Gasteiger partial charge in [-0.2, -0.15) is 13.2 Å². The number of ether oxygens (including phenoxy) is 1. The first-order valence-electron chi connectivity index (χ1n) is 6.40. The summed E-state index contributed by atoms with van der Waals surface area (Å²) >= 11 is 0. The Labute approximate surface area is 120 Å². The molecule has 0 unspecified atom stereocenters. The molecule has 4 nitrogen and oxygen atoms in total. The van der Waals surface area contributed by atoms with Gasteiger partial charge in [0.1, 0.15) is 11.7 Å². The van der Waals surface area contributed by atoms with E-state index in [0.29, 0.717) is 0 Å². The molecule has 1 aromatic heterocycles. The van der Waals surface area contributed by atoms with Gasteiger partial charge in [0.05, 0.1) is 13.1 Å². The van der Waals surface area contributed by atoms with Gasteiger partial charge in [-0.1, -0.05) is 5.57 Å². The number of rotatable bonds is 3. The summed E-state index contributed by atoms with van der Waals surface area (Å²) in [6.07, 6.45) is -2.24. The summed E-state index contributed by atoms with van der Waals surface area (Å²) in [4.78, 5) is 16.8. The van der Waals surface area contributed by atoms with E-state index in [2.05, 4.69) is 4.98 Å². The Kier molecular flexibility index (Phi) is 4.20. The molecule has 1 aromatic rings. The second-order valence-electron chi connectivity index (χ2n) is 5.06. The molecule has 2 rings (SSSR count). The highest BCUT2D eigenvalue weighted by molar-refractivity contribution is 5.88. The molecule has 0 radical (unpaired) electrons. The SMILES string of the molecule is CC(C)=CC(=O)N1CC(Oc2ncccc2C(F)(F)F)C1. The van der Waals surface area contributed by atoms with Crippen molar-refractivity contribution < 1.29 is 22.7 Å². The smallest absolute Gasteiger partial charge is 0.421 e. The van der Waals surface area contributed by atoms with Crippen LogP contribution in [0.25, 0.3) is 0 Å². The highest BCUT2D eigenvalue weighted by atomic mass is 19.4. The first-order valence-corrected chi connectivity index (χ1v) is 6.40. The molecule has 114 valence electrons. The molecular formula is C14H15F3N2O2. The van der Waals surface area contributed by atoms with Crippen molar-refractivity contribution in [3.63, 3.8) is 0 Å². The average molecular weight is 300 g/mol. The van der Waals surface area contributed by atoms with Crippen LogP contribution in [0, 0.1) is 0 Å². The Morgan fingerprint density at radius 3 is 2.67 bits per heavy atom. The van der Waals surface area contributed by atoms with Crippen molar-refractivity contribution in [1.29, 1.82) is 0 Å². The van der Waals surface area contributed by atoms with Crippen LogP contribution in [0.15, 0.2) is 30.0 Å². The van der Waals surface area contributed by atoms with Crippen molar-refractivity contribution >= 4 is 5.91 Å². The highest BCUT2D eigenvalue weighted by Crippen LogP contribution is 2.35. The average Bonchev–Trinajstić information content (AvgIpc) is 2.31. The Bertz CT molecular complexity index is 560. The van der Waals surface area contributed by atoms with E-state index < -0.39 is 23.7 Å². The van der Waals surface area contributed by atoms with Crippen LogP contribution in [0.4, 0.5) is 13.2 Å². The van der Waals surface area contributed by atoms with Gasteiger partial charge in [-0.25, -0.2) is 4.98 Å². The number of alkyl halides is 3. The van der Waals surface area contributed by atoms with Crippen LogP contribution < -0.4 is 4.74 Å². The minimum Gasteiger partial charge on any atom is -0.470 e. The molecule has 0 spiro atoms. The van der Waals surface area contributed by atoms with Crippen molar-refractivity contribution in [3.8, 4) is 5.88 Å². The molecule has 21 heavy (non-hydrogen) atoms. The van der Waals surface area contributed by atoms with Gasteiger partial charge in [-0.05, 0) is 26.0 Å². The van der Waals surface area contributed by atoms with Crippen LogP contribution in [-0.2, 0) is 11.0 Å². The number of halogens is 3. The number of aromatic nitrogens is 1. The molecule has 2 heterocycles. The van der Waals surface area contributed by atoms with Crippen molar-refractivity contribution in [2.45, 2.75) is 26.1 Å². The quantitative estimate of drug-likeness (QED) is 0.806. The van der Waals surface area contributed by atoms with Gasteiger partial charge in [0.15, 0.2) is 0 Å². The lowest BCUT2D eigenvalue weighted by Crippen LogP contribution is -2.56. The Morgan fingerprint density at radius 1 is 1.43 bits per heavy atom. The summed E-state index contributed by atoms with van der Waals surface area (Å²) in [7, 11) is 0. The summed E-state index contributed by atoms with van der Waals surface area (Å²) in [5, 5.41) is 0. The lowest BCUT2D eigenvalue weighted by atomic mass is 10.1. The Balaban J connectivity index is 1.97. The normalized spacial score (nSPS) is 15.4. The van der Waals surface area contributed by atoms with Crippen molar-refractivity contribution in [2.24, 2.45) is 0 Å². The van der Waals surface area contributed by atoms with Crippen molar-refractivity contribution in [2.75, 3.05) is 13.1 Å². The van der Waals surface area contributed by atoms with Crippen LogP contribution >= 0.6 is 0 Å². The number of pyridine rings is 1. The summed E-state index contributed by atoms with van der Waals surface area (Å²) < 4.78 is 43.6. The number of hydrogen-bond acceptors (Lipinski definition) is 3. The zero-order chi connectivity index (χ0) is 15.6. The number of allylic oxidation sites excluding steroid dienone is 1. The predicted molar refractivity (Wildman–Crippen MR) is 69.7 cm³/mol. The van der Waals surface area contributed by atoms with Gasteiger partial charge < -0.3 is 9.64 Å². The van der Waals surface area contributed by atoms with E-state index in [1.807, 2.05) is 0 Å². The molecule has 0 N–H and O–H groups in total. The number of amides is 1. The molecule has 1 saturated heterocycles. The van der Waals surface area contributed by atoms with Crippen LogP contribution in [0.1, 0.15) is 19.4 Å². The number of hydrogen-bond donors (Lipinski definition) is 0. The zero-order valence-electron chi connectivity index (χ0n) is 11.6. The zero-order valence-corrected chi connectivity index (χ0v) is 11.6. The summed E-state index contributed by atoms with van der Waals surface area (Å²) in [5.41, 5.74) is -0.0347. The van der Waals surface area contributed by atoms with E-state index >= 15 is 0 Å². The van der Waals surface area contributed by atoms with Crippen LogP contribution in [-0.4, -0.2) is 35.0 Å². The third kappa shape index (κ3) is 3.74. The van der Waals surface area contributed by atoms with Crippen LogP contribution in [0.5, 0.6) is 5.88 Å². The maximum absolute atomic E-state index is 12.8. The molecule has 1 aliphatic rings. The topological polar surface area (TPSA) is 42.4 Å². The van der Waals surface area contributed by atoms with Crippen LogP contribution in [0.3, 0.4) is 0 Å². The van der Waals surface area contributed by atoms with E-state index in [1.54, 1.807) is 13.8 Å². The molecular weight excluding hydrogens is 285 g/mol. The number of carbonyl (C=O) groups is 1. The fourth-order valence-electron chi connectivity index (χ4n) is 1.89. The van der Waals surface area contributed by atoms with Gasteiger partial charge in [0.2, 0.25) is 11.8 Å². The predicted octanol–water partition coefficient (Wildman–Crippen LogP) is 2.66. The van der Waals surface area contributed by atoms with E-state index in [4.69, 9.17) is 4.74 Å². The highest BCUT2D eigenvalue weighted by Gasteiger charge is 2.38. The van der Waals surface area contributed by atoms with Gasteiger partial charge in [0.25, 0.3) is 0 Å². The molecule has 0 atom stereocenters. The monoisotopic (exact) mass is 300 g/mol. The molecule has 1 fully saturated rings. The van der Waals surface area contributed by atoms with Gasteiger partial charge in [-0.3, -0.25) is 4.79 Å². The minimum atomic E-state index is -4.51. The molecule has 0 aromatic carbocycles. The van der Waals surface area contributed by atoms with E-state index in [1.165, 1.54) is 23.2 Å². The molecule has 7 heteroatoms. The number of likely N-dealkylation sites (tertiary alicyclic amines) is 1. The van der Waals surface area contributed by atoms with Gasteiger partial charge in [-0.15, -0.1) is 0 Å². The first-order chi connectivity index (χ1) is 9.77. The van der Waals surface area contributed by atoms with Crippen molar-refractivity contribution in [1.82, 2.24) is 9.88 Å². The maximum atomic E-state index is 12.8. The maximum Gasteiger partial charge on any atom is 0.421 e. The standard InChI is InChI=1S/C14H15F3N2O2/c1-9(2)6-12(20)19-7-10(8-19)21-13-11(14(15,16)17)4-3-5-18-13/h3-6,10H,7-8H2,1-2H3. The first kappa shape index (κ1) is 15.3. The summed E-state index contributed by atoms with van der Waals surface area (Å²) in [5.74, 6) is -0.601. The summed E-state index contributed by atoms with van der Waals surface area (Å²) in [6, 6.07) is 2.13. The lowest BCUT2D eigenvalue weighted by Gasteiger charge is -2.38. The summed E-state index contributed by atoms with van der Waals surface area (Å²) in [6.45, 7) is 4.12. The second-order valence-corrected chi connectivity index (χ2v) is 5.06. The van der Waals surface area contributed by atoms with Gasteiger partial charge in [0, 0.05) is 12.3 Å². The number of carbonyl (C=O) groups excluding carboxylic acids is 1. The molecule has 0 bridgehead atoms. The minimum absolute atomic E-state index is 0.160. The Morgan fingerprint density at radius 2 is 2.10 bits per heavy atom. The van der Waals surface area contributed by atoms with E-state index in [-0.39, 0.29) is 19.0 Å². The second kappa shape index (κ2) is 5.75. The fraction of sp³-hybridized carbons (Fsp3) is 0.429. The molecule has 1 amide bonds. The van der Waals surface area contributed by atoms with Crippen LogP contribution in [0.2, 0.25) is 0 Å². The van der Waals surface area contributed by atoms with E-state index in [0.717, 1.165) is 11.6 Å². The van der Waals surface area contributed by atoms with Gasteiger partial charge >= 0.3 is 6.18 Å². The van der Waals surface area contributed by atoms with E-state index in [9.17, 15) is 18.0 Å². The number of nitrogens with zero attached hydrogens (tertiary/aromatic N) is 2. The van der Waals surface area contributed by atoms with Crippen molar-refractivity contribution in [3.05, 3.63) is 35.5 Å². The lowest BCUT2D eigenvalue weighted by molar-refractivity contribution is -0.143. The fourth-order valence-corrected chi connectivity index (χ4v) is 1.89. The molecule has 0 aliphatic carbocycles. The molecule has 1 aliphatic heterocycles. The third-order valence-electron chi connectivity index (χ3n) is 2.93. The molecule has 0 saturated carbocycles. The Hall–Kier alpha value is -2.05.